The molecule has 0 bridgehead atoms. The third-order valence-corrected chi connectivity index (χ3v) is 7.35. The summed E-state index contributed by atoms with van der Waals surface area (Å²) < 4.78 is 24.5. The highest BCUT2D eigenvalue weighted by Crippen LogP contribution is 2.32. The van der Waals surface area contributed by atoms with Crippen molar-refractivity contribution in [3.8, 4) is 0 Å². The van der Waals surface area contributed by atoms with Crippen molar-refractivity contribution in [1.82, 2.24) is 0 Å². The fourth-order valence-corrected chi connectivity index (χ4v) is 5.09. The Morgan fingerprint density at radius 2 is 1.50 bits per heavy atom. The predicted octanol–water partition coefficient (Wildman–Crippen LogP) is 4.71. The van der Waals surface area contributed by atoms with Gasteiger partial charge in [0.15, 0.2) is 9.84 Å². The number of hydrogen-bond donors (Lipinski definition) is 1. The zero-order valence-electron chi connectivity index (χ0n) is 12.7. The first-order valence-corrected chi connectivity index (χ1v) is 9.98. The van der Waals surface area contributed by atoms with E-state index in [-0.39, 0.29) is 0 Å². The van der Waals surface area contributed by atoms with Gasteiger partial charge < -0.3 is 0 Å². The molecule has 0 radical (unpaired) electrons. The SMILES string of the molecule is CC(C)(CCS)S(=O)(=O)c1ccc(Sc2ccccc2)cc1. The van der Waals surface area contributed by atoms with E-state index >= 15 is 0 Å². The van der Waals surface area contributed by atoms with Crippen molar-refractivity contribution in [2.24, 2.45) is 0 Å². The van der Waals surface area contributed by atoms with E-state index in [1.54, 1.807) is 37.7 Å². The first-order valence-electron chi connectivity index (χ1n) is 7.05. The van der Waals surface area contributed by atoms with Gasteiger partial charge in [-0.3, -0.25) is 0 Å². The molecular formula is C17H20O2S3. The number of rotatable bonds is 6. The fourth-order valence-electron chi connectivity index (χ4n) is 2.03. The molecule has 2 aromatic carbocycles. The quantitative estimate of drug-likeness (QED) is 0.765. The molecular weight excluding hydrogens is 332 g/mol. The molecule has 22 heavy (non-hydrogen) atoms. The Hall–Kier alpha value is -0.910. The van der Waals surface area contributed by atoms with E-state index in [4.69, 9.17) is 0 Å². The lowest BCUT2D eigenvalue weighted by atomic mass is 10.1. The summed E-state index contributed by atoms with van der Waals surface area (Å²) >= 11 is 5.78. The molecule has 0 fully saturated rings. The molecule has 0 aliphatic rings. The maximum Gasteiger partial charge on any atom is 0.183 e. The molecule has 0 spiro atoms. The number of sulfone groups is 1. The Bertz CT molecular complexity index is 705. The van der Waals surface area contributed by atoms with E-state index in [0.29, 0.717) is 17.1 Å². The Kier molecular flexibility index (Phi) is 5.64. The molecule has 0 atom stereocenters. The van der Waals surface area contributed by atoms with Gasteiger partial charge in [-0.15, -0.1) is 0 Å². The minimum atomic E-state index is -3.35. The first kappa shape index (κ1) is 17.4. The van der Waals surface area contributed by atoms with Crippen LogP contribution in [-0.2, 0) is 9.84 Å². The van der Waals surface area contributed by atoms with Crippen LogP contribution in [0.15, 0.2) is 69.3 Å². The van der Waals surface area contributed by atoms with Crippen LogP contribution in [0.5, 0.6) is 0 Å². The lowest BCUT2D eigenvalue weighted by molar-refractivity contribution is 0.540. The predicted molar refractivity (Wildman–Crippen MR) is 96.7 cm³/mol. The van der Waals surface area contributed by atoms with Crippen molar-refractivity contribution in [2.75, 3.05) is 5.75 Å². The summed E-state index contributed by atoms with van der Waals surface area (Å²) in [6, 6.07) is 17.1. The van der Waals surface area contributed by atoms with Gasteiger partial charge >= 0.3 is 0 Å². The molecule has 2 rings (SSSR count). The largest absolute Gasteiger partial charge is 0.223 e. The molecule has 0 aromatic heterocycles. The van der Waals surface area contributed by atoms with Crippen LogP contribution in [0.25, 0.3) is 0 Å². The molecule has 0 heterocycles. The van der Waals surface area contributed by atoms with Crippen LogP contribution in [0.1, 0.15) is 20.3 Å². The van der Waals surface area contributed by atoms with Crippen molar-refractivity contribution >= 4 is 34.2 Å². The van der Waals surface area contributed by atoms with Gasteiger partial charge in [0.1, 0.15) is 0 Å². The molecule has 0 unspecified atom stereocenters. The molecule has 0 saturated carbocycles. The second kappa shape index (κ2) is 7.11. The average Bonchev–Trinajstić information content (AvgIpc) is 2.48. The van der Waals surface area contributed by atoms with E-state index in [0.717, 1.165) is 9.79 Å². The van der Waals surface area contributed by atoms with Crippen molar-refractivity contribution < 1.29 is 8.42 Å². The molecule has 0 aliphatic heterocycles. The van der Waals surface area contributed by atoms with Crippen LogP contribution in [0.4, 0.5) is 0 Å². The third kappa shape index (κ3) is 3.89. The maximum atomic E-state index is 12.7. The highest BCUT2D eigenvalue weighted by Gasteiger charge is 2.34. The minimum Gasteiger partial charge on any atom is -0.223 e. The van der Waals surface area contributed by atoms with Crippen LogP contribution in [-0.4, -0.2) is 18.9 Å². The molecule has 5 heteroatoms. The lowest BCUT2D eigenvalue weighted by Crippen LogP contribution is -2.32. The van der Waals surface area contributed by atoms with Gasteiger partial charge in [0.05, 0.1) is 9.64 Å². The summed E-state index contributed by atoms with van der Waals surface area (Å²) in [7, 11) is -3.35. The monoisotopic (exact) mass is 352 g/mol. The van der Waals surface area contributed by atoms with E-state index in [1.165, 1.54) is 0 Å². The molecule has 0 saturated heterocycles. The second-order valence-corrected chi connectivity index (χ2v) is 9.80. The van der Waals surface area contributed by atoms with E-state index in [1.807, 2.05) is 42.5 Å². The third-order valence-electron chi connectivity index (χ3n) is 3.55. The molecule has 0 aliphatic carbocycles. The van der Waals surface area contributed by atoms with Crippen LogP contribution in [0.3, 0.4) is 0 Å². The Balaban J connectivity index is 2.22. The topological polar surface area (TPSA) is 34.1 Å². The van der Waals surface area contributed by atoms with Gasteiger partial charge in [0.2, 0.25) is 0 Å². The van der Waals surface area contributed by atoms with Crippen LogP contribution in [0.2, 0.25) is 0 Å². The van der Waals surface area contributed by atoms with Gasteiger partial charge in [-0.05, 0) is 62.4 Å². The van der Waals surface area contributed by atoms with Gasteiger partial charge in [-0.2, -0.15) is 12.6 Å². The van der Waals surface area contributed by atoms with Crippen molar-refractivity contribution in [2.45, 2.75) is 39.7 Å². The van der Waals surface area contributed by atoms with Gasteiger partial charge in [0, 0.05) is 9.79 Å². The number of hydrogen-bond acceptors (Lipinski definition) is 4. The standard InChI is InChI=1S/C17H20O2S3/c1-17(2,12-13-20)22(18,19)16-10-8-15(9-11-16)21-14-6-4-3-5-7-14/h3-11,20H,12-13H2,1-2H3. The summed E-state index contributed by atoms with van der Waals surface area (Å²) in [6.07, 6.45) is 0.527. The molecule has 0 N–H and O–H groups in total. The Labute approximate surface area is 142 Å². The normalized spacial score (nSPS) is 12.3. The van der Waals surface area contributed by atoms with E-state index in [9.17, 15) is 8.42 Å². The summed E-state index contributed by atoms with van der Waals surface area (Å²) in [5, 5.41) is 0. The second-order valence-electron chi connectivity index (χ2n) is 5.62. The summed E-state index contributed by atoms with van der Waals surface area (Å²) in [6.45, 7) is 3.51. The summed E-state index contributed by atoms with van der Waals surface area (Å²) in [4.78, 5) is 2.53. The zero-order valence-corrected chi connectivity index (χ0v) is 15.2. The molecule has 2 nitrogen and oxygen atoms in total. The first-order chi connectivity index (χ1) is 10.4. The van der Waals surface area contributed by atoms with E-state index < -0.39 is 14.6 Å². The number of benzene rings is 2. The van der Waals surface area contributed by atoms with Crippen LogP contribution < -0.4 is 0 Å². The summed E-state index contributed by atoms with van der Waals surface area (Å²) in [5.74, 6) is 0.550. The highest BCUT2D eigenvalue weighted by atomic mass is 32.2. The van der Waals surface area contributed by atoms with Crippen molar-refractivity contribution in [3.05, 3.63) is 54.6 Å². The maximum absolute atomic E-state index is 12.7. The van der Waals surface area contributed by atoms with Gasteiger partial charge in [-0.25, -0.2) is 8.42 Å². The summed E-state index contributed by atoms with van der Waals surface area (Å²) in [5.41, 5.74) is 0. The zero-order chi connectivity index (χ0) is 16.2. The highest BCUT2D eigenvalue weighted by molar-refractivity contribution is 7.99. The van der Waals surface area contributed by atoms with Gasteiger partial charge in [-0.1, -0.05) is 30.0 Å². The van der Waals surface area contributed by atoms with Crippen LogP contribution in [0, 0.1) is 0 Å². The Morgan fingerprint density at radius 1 is 0.955 bits per heavy atom. The molecule has 2 aromatic rings. The lowest BCUT2D eigenvalue weighted by Gasteiger charge is -2.24. The van der Waals surface area contributed by atoms with E-state index in [2.05, 4.69) is 12.6 Å². The van der Waals surface area contributed by atoms with Gasteiger partial charge in [0.25, 0.3) is 0 Å². The minimum absolute atomic E-state index is 0.372. The smallest absolute Gasteiger partial charge is 0.183 e. The molecule has 118 valence electrons. The van der Waals surface area contributed by atoms with Crippen molar-refractivity contribution in [3.63, 3.8) is 0 Å². The Morgan fingerprint density at radius 3 is 2.05 bits per heavy atom. The average molecular weight is 353 g/mol. The van der Waals surface area contributed by atoms with Crippen molar-refractivity contribution in [1.29, 1.82) is 0 Å². The fraction of sp³-hybridized carbons (Fsp3) is 0.294. The van der Waals surface area contributed by atoms with Crippen LogP contribution >= 0.6 is 24.4 Å². The number of thiol groups is 1. The molecule has 0 amide bonds.